The van der Waals surface area contributed by atoms with Gasteiger partial charge in [-0.15, -0.1) is 11.3 Å². The lowest BCUT2D eigenvalue weighted by Gasteiger charge is -2.21. The molecule has 1 aromatic heterocycles. The van der Waals surface area contributed by atoms with Gasteiger partial charge < -0.3 is 5.73 Å². The molecule has 0 fully saturated rings. The van der Waals surface area contributed by atoms with Crippen LogP contribution >= 0.6 is 23.6 Å². The summed E-state index contributed by atoms with van der Waals surface area (Å²) in [4.78, 5) is 4.31. The number of hydrogen-bond acceptors (Lipinski definition) is 3. The Morgan fingerprint density at radius 1 is 1.30 bits per heavy atom. The second kappa shape index (κ2) is 6.97. The van der Waals surface area contributed by atoms with Gasteiger partial charge in [0.2, 0.25) is 0 Å². The topological polar surface area (TPSA) is 29.3 Å². The van der Waals surface area contributed by atoms with Crippen LogP contribution in [0.3, 0.4) is 0 Å². The van der Waals surface area contributed by atoms with Gasteiger partial charge in [0.25, 0.3) is 0 Å². The van der Waals surface area contributed by atoms with E-state index in [4.69, 9.17) is 18.0 Å². The molecule has 0 unspecified atom stereocenters. The summed E-state index contributed by atoms with van der Waals surface area (Å²) in [6.45, 7) is 7.32. The second-order valence-corrected chi connectivity index (χ2v) is 6.36. The van der Waals surface area contributed by atoms with Crippen LogP contribution in [0.1, 0.15) is 28.5 Å². The van der Waals surface area contributed by atoms with Crippen molar-refractivity contribution >= 4 is 28.5 Å². The molecule has 1 aromatic carbocycles. The zero-order valence-electron chi connectivity index (χ0n) is 11.9. The van der Waals surface area contributed by atoms with Gasteiger partial charge in [-0.05, 0) is 42.1 Å². The van der Waals surface area contributed by atoms with Crippen molar-refractivity contribution in [1.29, 1.82) is 0 Å². The van der Waals surface area contributed by atoms with E-state index in [-0.39, 0.29) is 0 Å². The van der Waals surface area contributed by atoms with Gasteiger partial charge in [-0.3, -0.25) is 4.90 Å². The quantitative estimate of drug-likeness (QED) is 0.825. The number of aryl methyl sites for hydroxylation is 1. The number of hydrogen-bond donors (Lipinski definition) is 1. The van der Waals surface area contributed by atoms with Gasteiger partial charge in [0.15, 0.2) is 0 Å². The highest BCUT2D eigenvalue weighted by Crippen LogP contribution is 2.17. The first kappa shape index (κ1) is 15.2. The van der Waals surface area contributed by atoms with E-state index in [1.54, 1.807) is 0 Å². The highest BCUT2D eigenvalue weighted by molar-refractivity contribution is 7.80. The minimum Gasteiger partial charge on any atom is -0.389 e. The molecule has 2 rings (SSSR count). The lowest BCUT2D eigenvalue weighted by atomic mass is 10.0. The van der Waals surface area contributed by atoms with Crippen LogP contribution in [0.25, 0.3) is 0 Å². The summed E-state index contributed by atoms with van der Waals surface area (Å²) in [7, 11) is 0. The first-order chi connectivity index (χ1) is 9.60. The standard InChI is InChI=1S/C16H20N2S2/c1-3-18(11-15-5-4-8-20-15)10-14-7-6-13(16(17)19)9-12(14)2/h4-9H,3,10-11H2,1-2H3,(H2,17,19). The van der Waals surface area contributed by atoms with Crippen molar-refractivity contribution in [1.82, 2.24) is 4.90 Å². The Morgan fingerprint density at radius 2 is 2.10 bits per heavy atom. The summed E-state index contributed by atoms with van der Waals surface area (Å²) in [5.41, 5.74) is 9.21. The Labute approximate surface area is 130 Å². The summed E-state index contributed by atoms with van der Waals surface area (Å²) in [5.74, 6) is 0. The van der Waals surface area contributed by atoms with E-state index in [1.807, 2.05) is 17.4 Å². The molecule has 2 nitrogen and oxygen atoms in total. The van der Waals surface area contributed by atoms with Crippen molar-refractivity contribution in [3.63, 3.8) is 0 Å². The fourth-order valence-electron chi connectivity index (χ4n) is 2.17. The molecule has 4 heteroatoms. The Hall–Kier alpha value is -1.23. The number of nitrogens with zero attached hydrogens (tertiary/aromatic N) is 1. The molecule has 0 saturated carbocycles. The minimum absolute atomic E-state index is 0.464. The predicted octanol–water partition coefficient (Wildman–Crippen LogP) is 3.71. The van der Waals surface area contributed by atoms with Crippen LogP contribution in [0.15, 0.2) is 35.7 Å². The molecule has 0 atom stereocenters. The van der Waals surface area contributed by atoms with E-state index in [2.05, 4.69) is 48.4 Å². The molecule has 0 saturated heterocycles. The molecule has 0 aliphatic rings. The summed E-state index contributed by atoms with van der Waals surface area (Å²) >= 11 is 6.83. The number of thiophene rings is 1. The predicted molar refractivity (Wildman–Crippen MR) is 91.2 cm³/mol. The van der Waals surface area contributed by atoms with Gasteiger partial charge in [0.1, 0.15) is 4.99 Å². The molecule has 0 amide bonds. The normalized spacial score (nSPS) is 10.9. The Bertz CT molecular complexity index is 576. The van der Waals surface area contributed by atoms with Crippen molar-refractivity contribution in [3.8, 4) is 0 Å². The van der Waals surface area contributed by atoms with Crippen molar-refractivity contribution in [2.45, 2.75) is 26.9 Å². The van der Waals surface area contributed by atoms with Gasteiger partial charge in [0, 0.05) is 23.5 Å². The van der Waals surface area contributed by atoms with Crippen LogP contribution in [0.2, 0.25) is 0 Å². The van der Waals surface area contributed by atoms with Crippen LogP contribution in [0, 0.1) is 6.92 Å². The largest absolute Gasteiger partial charge is 0.389 e. The molecule has 20 heavy (non-hydrogen) atoms. The van der Waals surface area contributed by atoms with Crippen molar-refractivity contribution in [3.05, 3.63) is 57.3 Å². The lowest BCUT2D eigenvalue weighted by molar-refractivity contribution is 0.273. The molecule has 0 bridgehead atoms. The first-order valence-corrected chi connectivity index (χ1v) is 8.03. The van der Waals surface area contributed by atoms with Crippen molar-refractivity contribution < 1.29 is 0 Å². The zero-order valence-corrected chi connectivity index (χ0v) is 13.6. The average Bonchev–Trinajstić information content (AvgIpc) is 2.92. The molecule has 2 aromatic rings. The highest BCUT2D eigenvalue weighted by atomic mass is 32.1. The van der Waals surface area contributed by atoms with Crippen LogP contribution in [-0.2, 0) is 13.1 Å². The third-order valence-electron chi connectivity index (χ3n) is 3.43. The SMILES string of the molecule is CCN(Cc1cccs1)Cc1ccc(C(N)=S)cc1C. The minimum atomic E-state index is 0.464. The zero-order chi connectivity index (χ0) is 14.5. The third-order valence-corrected chi connectivity index (χ3v) is 4.52. The van der Waals surface area contributed by atoms with Crippen LogP contribution in [-0.4, -0.2) is 16.4 Å². The highest BCUT2D eigenvalue weighted by Gasteiger charge is 2.08. The Kier molecular flexibility index (Phi) is 5.29. The molecular formula is C16H20N2S2. The molecule has 0 aliphatic carbocycles. The summed E-state index contributed by atoms with van der Waals surface area (Å²) in [5, 5.41) is 2.13. The fourth-order valence-corrected chi connectivity index (χ4v) is 3.04. The number of nitrogens with two attached hydrogens (primary N) is 1. The number of benzene rings is 1. The smallest absolute Gasteiger partial charge is 0.103 e. The van der Waals surface area contributed by atoms with E-state index in [9.17, 15) is 0 Å². The maximum Gasteiger partial charge on any atom is 0.103 e. The fraction of sp³-hybridized carbons (Fsp3) is 0.312. The van der Waals surface area contributed by atoms with Gasteiger partial charge >= 0.3 is 0 Å². The van der Waals surface area contributed by atoms with E-state index < -0.39 is 0 Å². The monoisotopic (exact) mass is 304 g/mol. The van der Waals surface area contributed by atoms with Gasteiger partial charge in [-0.25, -0.2) is 0 Å². The first-order valence-electron chi connectivity index (χ1n) is 6.74. The molecule has 106 valence electrons. The maximum atomic E-state index is 5.67. The molecule has 0 spiro atoms. The second-order valence-electron chi connectivity index (χ2n) is 4.89. The average molecular weight is 304 g/mol. The molecule has 2 N–H and O–H groups in total. The Balaban J connectivity index is 2.09. The lowest BCUT2D eigenvalue weighted by Crippen LogP contribution is -2.22. The summed E-state index contributed by atoms with van der Waals surface area (Å²) in [6.07, 6.45) is 0. The molecule has 0 radical (unpaired) electrons. The molecule has 1 heterocycles. The van der Waals surface area contributed by atoms with Crippen LogP contribution < -0.4 is 5.73 Å². The summed E-state index contributed by atoms with van der Waals surface area (Å²) < 4.78 is 0. The van der Waals surface area contributed by atoms with Crippen molar-refractivity contribution in [2.75, 3.05) is 6.54 Å². The Morgan fingerprint density at radius 3 is 2.65 bits per heavy atom. The number of thiocarbonyl (C=S) groups is 1. The number of rotatable bonds is 6. The van der Waals surface area contributed by atoms with Crippen LogP contribution in [0.5, 0.6) is 0 Å². The maximum absolute atomic E-state index is 5.67. The molecule has 0 aliphatic heterocycles. The summed E-state index contributed by atoms with van der Waals surface area (Å²) in [6, 6.07) is 10.5. The van der Waals surface area contributed by atoms with E-state index in [0.717, 1.165) is 25.2 Å². The molecular weight excluding hydrogens is 284 g/mol. The van der Waals surface area contributed by atoms with Gasteiger partial charge in [-0.1, -0.05) is 37.3 Å². The van der Waals surface area contributed by atoms with E-state index in [0.29, 0.717) is 4.99 Å². The van der Waals surface area contributed by atoms with Gasteiger partial charge in [-0.2, -0.15) is 0 Å². The van der Waals surface area contributed by atoms with E-state index in [1.165, 1.54) is 16.0 Å². The van der Waals surface area contributed by atoms with Gasteiger partial charge in [0.05, 0.1) is 0 Å². The van der Waals surface area contributed by atoms with Crippen LogP contribution in [0.4, 0.5) is 0 Å². The van der Waals surface area contributed by atoms with E-state index >= 15 is 0 Å². The third kappa shape index (κ3) is 3.88. The van der Waals surface area contributed by atoms with Crippen molar-refractivity contribution in [2.24, 2.45) is 5.73 Å².